The maximum atomic E-state index is 12.5. The van der Waals surface area contributed by atoms with Gasteiger partial charge in [0.25, 0.3) is 0 Å². The van der Waals surface area contributed by atoms with E-state index in [0.717, 1.165) is 44.6 Å². The highest BCUT2D eigenvalue weighted by Gasteiger charge is 2.29. The molecule has 1 aromatic carbocycles. The molecule has 1 amide bonds. The van der Waals surface area contributed by atoms with Crippen LogP contribution >= 0.6 is 0 Å². The number of carbonyl (C=O) groups is 1. The number of hydrogen-bond acceptors (Lipinski definition) is 2. The quantitative estimate of drug-likeness (QED) is 0.862. The van der Waals surface area contributed by atoms with Crippen molar-refractivity contribution in [1.82, 2.24) is 10.2 Å². The fourth-order valence-corrected chi connectivity index (χ4v) is 2.78. The van der Waals surface area contributed by atoms with Crippen LogP contribution in [0.25, 0.3) is 6.08 Å². The molecule has 0 spiro atoms. The summed E-state index contributed by atoms with van der Waals surface area (Å²) in [5.41, 5.74) is -0.109. The van der Waals surface area contributed by atoms with Gasteiger partial charge in [-0.2, -0.15) is 13.2 Å². The predicted molar refractivity (Wildman–Crippen MR) is 83.7 cm³/mol. The van der Waals surface area contributed by atoms with E-state index in [2.05, 4.69) is 5.32 Å². The van der Waals surface area contributed by atoms with Gasteiger partial charge in [-0.05, 0) is 56.1 Å². The third-order valence-corrected chi connectivity index (χ3v) is 3.98. The topological polar surface area (TPSA) is 32.3 Å². The number of halogens is 3. The molecule has 3 nitrogen and oxygen atoms in total. The first kappa shape index (κ1) is 17.5. The molecule has 23 heavy (non-hydrogen) atoms. The summed E-state index contributed by atoms with van der Waals surface area (Å²) >= 11 is 0. The van der Waals surface area contributed by atoms with Crippen molar-refractivity contribution in [2.45, 2.75) is 19.0 Å². The number of carbonyl (C=O) groups excluding carboxylic acids is 1. The zero-order chi connectivity index (χ0) is 16.9. The Morgan fingerprint density at radius 3 is 2.65 bits per heavy atom. The van der Waals surface area contributed by atoms with E-state index in [0.29, 0.717) is 11.5 Å². The van der Waals surface area contributed by atoms with Crippen LogP contribution in [0.15, 0.2) is 30.3 Å². The van der Waals surface area contributed by atoms with E-state index in [1.807, 2.05) is 7.05 Å². The second kappa shape index (κ2) is 7.64. The number of benzene rings is 1. The first-order chi connectivity index (χ1) is 10.9. The number of piperidine rings is 1. The van der Waals surface area contributed by atoms with E-state index in [-0.39, 0.29) is 5.91 Å². The molecule has 1 atom stereocenters. The zero-order valence-electron chi connectivity index (χ0n) is 13.1. The molecule has 1 heterocycles. The van der Waals surface area contributed by atoms with Gasteiger partial charge >= 0.3 is 6.18 Å². The second-order valence-electron chi connectivity index (χ2n) is 5.80. The standard InChI is InChI=1S/C17H21F3N2O/c1-21-11-14-3-2-10-22(12-14)16(23)9-6-13-4-7-15(8-5-13)17(18,19)20/h4-9,14,21H,2-3,10-12H2,1H3. The van der Waals surface area contributed by atoms with Gasteiger partial charge in [0.05, 0.1) is 5.56 Å². The summed E-state index contributed by atoms with van der Waals surface area (Å²) in [6.45, 7) is 2.33. The largest absolute Gasteiger partial charge is 0.416 e. The van der Waals surface area contributed by atoms with Gasteiger partial charge in [-0.25, -0.2) is 0 Å². The van der Waals surface area contributed by atoms with Crippen molar-refractivity contribution in [3.63, 3.8) is 0 Å². The number of likely N-dealkylation sites (tertiary alicyclic amines) is 1. The van der Waals surface area contributed by atoms with Gasteiger partial charge < -0.3 is 10.2 Å². The Morgan fingerprint density at radius 1 is 1.35 bits per heavy atom. The third kappa shape index (κ3) is 5.10. The molecule has 0 bridgehead atoms. The molecule has 6 heteroatoms. The third-order valence-electron chi connectivity index (χ3n) is 3.98. The fourth-order valence-electron chi connectivity index (χ4n) is 2.78. The highest BCUT2D eigenvalue weighted by atomic mass is 19.4. The van der Waals surface area contributed by atoms with E-state index >= 15 is 0 Å². The van der Waals surface area contributed by atoms with Gasteiger partial charge in [-0.3, -0.25) is 4.79 Å². The number of rotatable bonds is 4. The van der Waals surface area contributed by atoms with Crippen LogP contribution in [-0.2, 0) is 11.0 Å². The van der Waals surface area contributed by atoms with Gasteiger partial charge in [0.15, 0.2) is 0 Å². The average molecular weight is 326 g/mol. The molecule has 1 saturated heterocycles. The van der Waals surface area contributed by atoms with Gasteiger partial charge in [-0.1, -0.05) is 12.1 Å². The SMILES string of the molecule is CNCC1CCCN(C(=O)C=Cc2ccc(C(F)(F)F)cc2)C1. The van der Waals surface area contributed by atoms with Crippen LogP contribution in [0.2, 0.25) is 0 Å². The molecule has 1 aliphatic heterocycles. The maximum absolute atomic E-state index is 12.5. The number of alkyl halides is 3. The number of amides is 1. The lowest BCUT2D eigenvalue weighted by Crippen LogP contribution is -2.41. The van der Waals surface area contributed by atoms with Crippen molar-refractivity contribution in [3.8, 4) is 0 Å². The van der Waals surface area contributed by atoms with E-state index in [9.17, 15) is 18.0 Å². The monoisotopic (exact) mass is 326 g/mol. The van der Waals surface area contributed by atoms with E-state index in [4.69, 9.17) is 0 Å². The molecule has 0 aliphatic carbocycles. The van der Waals surface area contributed by atoms with Crippen LogP contribution in [0.3, 0.4) is 0 Å². The second-order valence-corrected chi connectivity index (χ2v) is 5.80. The van der Waals surface area contributed by atoms with Gasteiger partial charge in [0.1, 0.15) is 0 Å². The Kier molecular flexibility index (Phi) is 5.82. The minimum Gasteiger partial charge on any atom is -0.339 e. The van der Waals surface area contributed by atoms with Crippen molar-refractivity contribution in [3.05, 3.63) is 41.5 Å². The Balaban J connectivity index is 1.95. The number of nitrogens with zero attached hydrogens (tertiary/aromatic N) is 1. The number of nitrogens with one attached hydrogen (secondary N) is 1. The van der Waals surface area contributed by atoms with E-state index < -0.39 is 11.7 Å². The highest BCUT2D eigenvalue weighted by molar-refractivity contribution is 5.91. The van der Waals surface area contributed by atoms with Crippen molar-refractivity contribution in [2.24, 2.45) is 5.92 Å². The summed E-state index contributed by atoms with van der Waals surface area (Å²) in [6, 6.07) is 4.78. The molecule has 1 fully saturated rings. The summed E-state index contributed by atoms with van der Waals surface area (Å²) < 4.78 is 37.5. The Morgan fingerprint density at radius 2 is 2.04 bits per heavy atom. The lowest BCUT2D eigenvalue weighted by molar-refractivity contribution is -0.137. The van der Waals surface area contributed by atoms with Gasteiger partial charge in [0.2, 0.25) is 5.91 Å². The van der Waals surface area contributed by atoms with Crippen molar-refractivity contribution < 1.29 is 18.0 Å². The Labute approximate surface area is 134 Å². The molecular formula is C17H21F3N2O. The molecule has 0 saturated carbocycles. The highest BCUT2D eigenvalue weighted by Crippen LogP contribution is 2.29. The number of hydrogen-bond donors (Lipinski definition) is 1. The molecule has 1 unspecified atom stereocenters. The minimum absolute atomic E-state index is 0.0919. The molecule has 1 aromatic rings. The average Bonchev–Trinajstić information content (AvgIpc) is 2.53. The summed E-state index contributed by atoms with van der Waals surface area (Å²) in [5, 5.41) is 3.12. The zero-order valence-corrected chi connectivity index (χ0v) is 13.1. The Hall–Kier alpha value is -1.82. The van der Waals surface area contributed by atoms with E-state index in [1.165, 1.54) is 18.2 Å². The molecule has 1 aliphatic rings. The Bertz CT molecular complexity index is 550. The molecule has 1 N–H and O–H groups in total. The lowest BCUT2D eigenvalue weighted by atomic mass is 9.98. The van der Waals surface area contributed by atoms with Crippen LogP contribution in [0, 0.1) is 5.92 Å². The maximum Gasteiger partial charge on any atom is 0.416 e. The molecule has 2 rings (SSSR count). The normalized spacial score (nSPS) is 19.3. The summed E-state index contributed by atoms with van der Waals surface area (Å²) in [5.74, 6) is 0.364. The van der Waals surface area contributed by atoms with Crippen LogP contribution in [0.5, 0.6) is 0 Å². The van der Waals surface area contributed by atoms with Crippen LogP contribution in [0.1, 0.15) is 24.0 Å². The molecule has 0 aromatic heterocycles. The van der Waals surface area contributed by atoms with Gasteiger partial charge in [0, 0.05) is 19.2 Å². The fraction of sp³-hybridized carbons (Fsp3) is 0.471. The molecule has 0 radical (unpaired) electrons. The lowest BCUT2D eigenvalue weighted by Gasteiger charge is -2.32. The molecular weight excluding hydrogens is 305 g/mol. The first-order valence-corrected chi connectivity index (χ1v) is 7.69. The van der Waals surface area contributed by atoms with Crippen LogP contribution in [-0.4, -0.2) is 37.5 Å². The summed E-state index contributed by atoms with van der Waals surface area (Å²) in [7, 11) is 1.89. The predicted octanol–water partition coefficient (Wildman–Crippen LogP) is 3.18. The summed E-state index contributed by atoms with van der Waals surface area (Å²) in [6.07, 6.45) is 0.738. The van der Waals surface area contributed by atoms with E-state index in [1.54, 1.807) is 11.0 Å². The summed E-state index contributed by atoms with van der Waals surface area (Å²) in [4.78, 5) is 14.0. The van der Waals surface area contributed by atoms with Gasteiger partial charge in [-0.15, -0.1) is 0 Å². The first-order valence-electron chi connectivity index (χ1n) is 7.69. The molecule has 126 valence electrons. The minimum atomic E-state index is -4.34. The van der Waals surface area contributed by atoms with Crippen LogP contribution < -0.4 is 5.32 Å². The smallest absolute Gasteiger partial charge is 0.339 e. The van der Waals surface area contributed by atoms with Crippen molar-refractivity contribution in [2.75, 3.05) is 26.7 Å². The van der Waals surface area contributed by atoms with Crippen molar-refractivity contribution in [1.29, 1.82) is 0 Å². The van der Waals surface area contributed by atoms with Crippen molar-refractivity contribution >= 4 is 12.0 Å². The van der Waals surface area contributed by atoms with Crippen LogP contribution in [0.4, 0.5) is 13.2 Å².